The number of aromatic carboxylic acids is 1. The Hall–Kier alpha value is -2.56. The number of aryl methyl sites for hydroxylation is 2. The van der Waals surface area contributed by atoms with Crippen LogP contribution in [0, 0.1) is 0 Å². The molecule has 19 heavy (non-hydrogen) atoms. The van der Waals surface area contributed by atoms with Crippen LogP contribution in [0.5, 0.6) is 0 Å². The average molecular weight is 255 g/mol. The number of nitrogens with zero attached hydrogens (tertiary/aromatic N) is 3. The molecule has 0 aliphatic carbocycles. The molecule has 0 amide bonds. The van der Waals surface area contributed by atoms with Crippen molar-refractivity contribution in [1.82, 2.24) is 14.3 Å². The number of hydrogen-bond acceptors (Lipinski definition) is 2. The van der Waals surface area contributed by atoms with Crippen LogP contribution in [0.4, 0.5) is 0 Å². The highest BCUT2D eigenvalue weighted by atomic mass is 16.4. The predicted octanol–water partition coefficient (Wildman–Crippen LogP) is 2.24. The minimum atomic E-state index is -0.897. The average Bonchev–Trinajstić information content (AvgIpc) is 3.05. The van der Waals surface area contributed by atoms with Crippen LogP contribution in [0.15, 0.2) is 48.9 Å². The van der Waals surface area contributed by atoms with E-state index in [1.165, 1.54) is 0 Å². The fraction of sp³-hybridized carbons (Fsp3) is 0.143. The monoisotopic (exact) mass is 255 g/mol. The highest BCUT2D eigenvalue weighted by Crippen LogP contribution is 2.18. The standard InChI is InChI=1S/C14H13N3O2/c18-14(19)12-2-3-13-11(10-12)4-7-16(13)8-9-17-6-1-5-15-17/h1-7,10H,8-9H2,(H,18,19). The third-order valence-electron chi connectivity index (χ3n) is 3.15. The number of rotatable bonds is 4. The number of carbonyl (C=O) groups is 1. The van der Waals surface area contributed by atoms with Gasteiger partial charge in [-0.15, -0.1) is 0 Å². The molecule has 0 radical (unpaired) electrons. The van der Waals surface area contributed by atoms with Gasteiger partial charge in [0.25, 0.3) is 0 Å². The maximum absolute atomic E-state index is 10.9. The van der Waals surface area contributed by atoms with E-state index in [-0.39, 0.29) is 0 Å². The summed E-state index contributed by atoms with van der Waals surface area (Å²) >= 11 is 0. The summed E-state index contributed by atoms with van der Waals surface area (Å²) in [6.45, 7) is 1.59. The Bertz CT molecular complexity index is 713. The molecule has 1 aromatic carbocycles. The number of fused-ring (bicyclic) bond motifs is 1. The molecule has 0 aliphatic heterocycles. The van der Waals surface area contributed by atoms with Gasteiger partial charge in [0, 0.05) is 36.0 Å². The second kappa shape index (κ2) is 4.61. The molecule has 3 rings (SSSR count). The third kappa shape index (κ3) is 2.22. The fourth-order valence-electron chi connectivity index (χ4n) is 2.17. The van der Waals surface area contributed by atoms with Gasteiger partial charge in [-0.25, -0.2) is 4.79 Å². The van der Waals surface area contributed by atoms with Crippen LogP contribution in [0.25, 0.3) is 10.9 Å². The van der Waals surface area contributed by atoms with Crippen LogP contribution in [0.3, 0.4) is 0 Å². The van der Waals surface area contributed by atoms with E-state index in [0.717, 1.165) is 24.0 Å². The highest BCUT2D eigenvalue weighted by molar-refractivity contribution is 5.93. The summed E-state index contributed by atoms with van der Waals surface area (Å²) in [6, 6.07) is 9.01. The summed E-state index contributed by atoms with van der Waals surface area (Å²) in [5, 5.41) is 14.1. The Balaban J connectivity index is 1.86. The zero-order chi connectivity index (χ0) is 13.2. The maximum Gasteiger partial charge on any atom is 0.335 e. The van der Waals surface area contributed by atoms with E-state index >= 15 is 0 Å². The van der Waals surface area contributed by atoms with E-state index in [0.29, 0.717) is 5.56 Å². The zero-order valence-electron chi connectivity index (χ0n) is 10.2. The molecule has 0 unspecified atom stereocenters. The molecule has 96 valence electrons. The first-order chi connectivity index (χ1) is 9.24. The summed E-state index contributed by atoms with van der Waals surface area (Å²) in [7, 11) is 0. The van der Waals surface area contributed by atoms with E-state index in [4.69, 9.17) is 5.11 Å². The lowest BCUT2D eigenvalue weighted by Gasteiger charge is -2.06. The van der Waals surface area contributed by atoms with Crippen molar-refractivity contribution >= 4 is 16.9 Å². The van der Waals surface area contributed by atoms with E-state index in [1.54, 1.807) is 18.3 Å². The summed E-state index contributed by atoms with van der Waals surface area (Å²) in [5.74, 6) is -0.897. The molecule has 1 N–H and O–H groups in total. The van der Waals surface area contributed by atoms with Gasteiger partial charge < -0.3 is 9.67 Å². The topological polar surface area (TPSA) is 60.0 Å². The van der Waals surface area contributed by atoms with Gasteiger partial charge in [0.2, 0.25) is 0 Å². The largest absolute Gasteiger partial charge is 0.478 e. The molecule has 5 heteroatoms. The smallest absolute Gasteiger partial charge is 0.335 e. The SMILES string of the molecule is O=C(O)c1ccc2c(ccn2CCn2cccn2)c1. The molecule has 2 aromatic heterocycles. The molecule has 0 bridgehead atoms. The maximum atomic E-state index is 10.9. The lowest BCUT2D eigenvalue weighted by Crippen LogP contribution is -2.06. The fourth-order valence-corrected chi connectivity index (χ4v) is 2.17. The van der Waals surface area contributed by atoms with Crippen molar-refractivity contribution in [3.63, 3.8) is 0 Å². The van der Waals surface area contributed by atoms with Gasteiger partial charge in [-0.2, -0.15) is 5.10 Å². The molecule has 0 atom stereocenters. The van der Waals surface area contributed by atoms with Crippen LogP contribution in [0.1, 0.15) is 10.4 Å². The minimum Gasteiger partial charge on any atom is -0.478 e. The number of carboxylic acid groups (broad SMARTS) is 1. The Kier molecular flexibility index (Phi) is 2.79. The Morgan fingerprint density at radius 1 is 1.21 bits per heavy atom. The first-order valence-electron chi connectivity index (χ1n) is 6.04. The molecular formula is C14H13N3O2. The van der Waals surface area contributed by atoms with Crippen molar-refractivity contribution < 1.29 is 9.90 Å². The number of carboxylic acids is 1. The Morgan fingerprint density at radius 3 is 2.84 bits per heavy atom. The zero-order valence-corrected chi connectivity index (χ0v) is 10.2. The summed E-state index contributed by atoms with van der Waals surface area (Å²) in [5.41, 5.74) is 1.36. The highest BCUT2D eigenvalue weighted by Gasteiger charge is 2.06. The molecular weight excluding hydrogens is 242 g/mol. The number of hydrogen-bond donors (Lipinski definition) is 1. The molecule has 2 heterocycles. The summed E-state index contributed by atoms with van der Waals surface area (Å²) in [6.07, 6.45) is 5.65. The van der Waals surface area contributed by atoms with Crippen LogP contribution in [0.2, 0.25) is 0 Å². The van der Waals surface area contributed by atoms with Gasteiger partial charge in [0.05, 0.1) is 12.1 Å². The molecule has 0 saturated carbocycles. The molecule has 3 aromatic rings. The second-order valence-electron chi connectivity index (χ2n) is 4.36. The first-order valence-corrected chi connectivity index (χ1v) is 6.04. The van der Waals surface area contributed by atoms with Crippen molar-refractivity contribution in [2.45, 2.75) is 13.1 Å². The summed E-state index contributed by atoms with van der Waals surface area (Å²) in [4.78, 5) is 10.9. The molecule has 5 nitrogen and oxygen atoms in total. The van der Waals surface area contributed by atoms with Gasteiger partial charge in [-0.1, -0.05) is 0 Å². The Morgan fingerprint density at radius 2 is 2.11 bits per heavy atom. The van der Waals surface area contributed by atoms with Gasteiger partial charge in [-0.05, 0) is 30.3 Å². The van der Waals surface area contributed by atoms with E-state index < -0.39 is 5.97 Å². The van der Waals surface area contributed by atoms with Gasteiger partial charge in [0.1, 0.15) is 0 Å². The second-order valence-corrected chi connectivity index (χ2v) is 4.36. The van der Waals surface area contributed by atoms with Gasteiger partial charge in [0.15, 0.2) is 0 Å². The van der Waals surface area contributed by atoms with Crippen LogP contribution < -0.4 is 0 Å². The van der Waals surface area contributed by atoms with Crippen molar-refractivity contribution in [3.8, 4) is 0 Å². The molecule has 0 aliphatic rings. The first kappa shape index (κ1) is 11.5. The van der Waals surface area contributed by atoms with Gasteiger partial charge in [-0.3, -0.25) is 4.68 Å². The van der Waals surface area contributed by atoms with Crippen molar-refractivity contribution in [2.75, 3.05) is 0 Å². The van der Waals surface area contributed by atoms with Crippen LogP contribution in [-0.2, 0) is 13.1 Å². The molecule has 0 saturated heterocycles. The predicted molar refractivity (Wildman–Crippen MR) is 71.1 cm³/mol. The van der Waals surface area contributed by atoms with E-state index in [1.807, 2.05) is 35.3 Å². The third-order valence-corrected chi connectivity index (χ3v) is 3.15. The lowest BCUT2D eigenvalue weighted by atomic mass is 10.1. The van der Waals surface area contributed by atoms with Crippen molar-refractivity contribution in [1.29, 1.82) is 0 Å². The quantitative estimate of drug-likeness (QED) is 0.777. The van der Waals surface area contributed by atoms with Gasteiger partial charge >= 0.3 is 5.97 Å². The summed E-state index contributed by atoms with van der Waals surface area (Å²) < 4.78 is 3.97. The molecule has 0 fully saturated rings. The number of benzene rings is 1. The normalized spacial score (nSPS) is 10.9. The van der Waals surface area contributed by atoms with Crippen LogP contribution >= 0.6 is 0 Å². The molecule has 0 spiro atoms. The van der Waals surface area contributed by atoms with E-state index in [2.05, 4.69) is 9.67 Å². The lowest BCUT2D eigenvalue weighted by molar-refractivity contribution is 0.0697. The van der Waals surface area contributed by atoms with Crippen molar-refractivity contribution in [3.05, 3.63) is 54.5 Å². The van der Waals surface area contributed by atoms with E-state index in [9.17, 15) is 4.79 Å². The Labute approximate surface area is 109 Å². The minimum absolute atomic E-state index is 0.317. The van der Waals surface area contributed by atoms with Crippen LogP contribution in [-0.4, -0.2) is 25.4 Å². The van der Waals surface area contributed by atoms with Crippen molar-refractivity contribution in [2.24, 2.45) is 0 Å². The number of aromatic nitrogens is 3.